The number of methoxy groups -OCH3 is 1. The van der Waals surface area contributed by atoms with Crippen LogP contribution in [0.5, 0.6) is 17.2 Å². The molecule has 4 heteroatoms. The minimum absolute atomic E-state index is 0.373. The van der Waals surface area contributed by atoms with Gasteiger partial charge in [-0.1, -0.05) is 12.1 Å². The van der Waals surface area contributed by atoms with Gasteiger partial charge >= 0.3 is 0 Å². The van der Waals surface area contributed by atoms with Crippen molar-refractivity contribution in [1.29, 1.82) is 0 Å². The summed E-state index contributed by atoms with van der Waals surface area (Å²) in [5.74, 6) is 2.20. The van der Waals surface area contributed by atoms with E-state index in [2.05, 4.69) is 0 Å². The molecule has 0 atom stereocenters. The average molecular weight is 273 g/mol. The van der Waals surface area contributed by atoms with Gasteiger partial charge in [-0.3, -0.25) is 0 Å². The van der Waals surface area contributed by atoms with Gasteiger partial charge in [-0.2, -0.15) is 0 Å². The van der Waals surface area contributed by atoms with Gasteiger partial charge in [0, 0.05) is 11.3 Å². The number of hydrogen-bond acceptors (Lipinski definition) is 4. The van der Waals surface area contributed by atoms with E-state index in [0.29, 0.717) is 24.7 Å². The number of ether oxygens (including phenoxy) is 3. The van der Waals surface area contributed by atoms with E-state index in [1.54, 1.807) is 13.2 Å². The quantitative estimate of drug-likeness (QED) is 0.821. The third-order valence-corrected chi connectivity index (χ3v) is 2.84. The van der Waals surface area contributed by atoms with Crippen LogP contribution in [-0.2, 0) is 6.61 Å². The van der Waals surface area contributed by atoms with Gasteiger partial charge in [0.2, 0.25) is 0 Å². The van der Waals surface area contributed by atoms with Gasteiger partial charge in [-0.05, 0) is 37.3 Å². The first kappa shape index (κ1) is 14.1. The lowest BCUT2D eigenvalue weighted by Crippen LogP contribution is -2.02. The number of para-hydroxylation sites is 2. The number of rotatable bonds is 6. The largest absolute Gasteiger partial charge is 0.496 e. The summed E-state index contributed by atoms with van der Waals surface area (Å²) in [6.45, 7) is 2.91. The molecule has 0 aliphatic carbocycles. The molecule has 0 unspecified atom stereocenters. The van der Waals surface area contributed by atoms with Crippen LogP contribution in [0.4, 0.5) is 5.69 Å². The van der Waals surface area contributed by atoms with Crippen molar-refractivity contribution >= 4 is 5.69 Å². The molecule has 0 aliphatic heterocycles. The maximum absolute atomic E-state index is 5.81. The Morgan fingerprint density at radius 1 is 0.950 bits per heavy atom. The molecule has 0 heterocycles. The second-order valence-electron chi connectivity index (χ2n) is 4.24. The van der Waals surface area contributed by atoms with E-state index in [1.165, 1.54) is 0 Å². The van der Waals surface area contributed by atoms with Gasteiger partial charge in [-0.25, -0.2) is 0 Å². The standard InChI is InChI=1S/C16H19NO3/c1-3-19-15-6-4-5-7-16(15)20-11-12-10-13(17)8-9-14(12)18-2/h4-10H,3,11,17H2,1-2H3. The lowest BCUT2D eigenvalue weighted by Gasteiger charge is -2.13. The molecular formula is C16H19NO3. The van der Waals surface area contributed by atoms with Crippen molar-refractivity contribution in [3.05, 3.63) is 48.0 Å². The first-order chi connectivity index (χ1) is 9.74. The highest BCUT2D eigenvalue weighted by Crippen LogP contribution is 2.29. The van der Waals surface area contributed by atoms with Gasteiger partial charge in [0.15, 0.2) is 11.5 Å². The molecule has 20 heavy (non-hydrogen) atoms. The molecule has 0 aliphatic rings. The Hall–Kier alpha value is -2.36. The normalized spacial score (nSPS) is 10.1. The number of benzene rings is 2. The van der Waals surface area contributed by atoms with Crippen LogP contribution in [0.1, 0.15) is 12.5 Å². The van der Waals surface area contributed by atoms with Crippen LogP contribution < -0.4 is 19.9 Å². The van der Waals surface area contributed by atoms with Gasteiger partial charge < -0.3 is 19.9 Å². The Labute approximate surface area is 119 Å². The lowest BCUT2D eigenvalue weighted by atomic mass is 10.2. The van der Waals surface area contributed by atoms with E-state index >= 15 is 0 Å². The van der Waals surface area contributed by atoms with Crippen molar-refractivity contribution in [2.24, 2.45) is 0 Å². The minimum Gasteiger partial charge on any atom is -0.496 e. The highest BCUT2D eigenvalue weighted by Gasteiger charge is 2.07. The van der Waals surface area contributed by atoms with Crippen LogP contribution in [0.25, 0.3) is 0 Å². The third kappa shape index (κ3) is 3.35. The van der Waals surface area contributed by atoms with Gasteiger partial charge in [0.1, 0.15) is 12.4 Å². The topological polar surface area (TPSA) is 53.7 Å². The molecule has 4 nitrogen and oxygen atoms in total. The van der Waals surface area contributed by atoms with Crippen molar-refractivity contribution in [2.45, 2.75) is 13.5 Å². The minimum atomic E-state index is 0.373. The summed E-state index contributed by atoms with van der Waals surface area (Å²) < 4.78 is 16.6. The summed E-state index contributed by atoms with van der Waals surface area (Å²) >= 11 is 0. The van der Waals surface area contributed by atoms with E-state index < -0.39 is 0 Å². The molecule has 2 aromatic carbocycles. The predicted octanol–water partition coefficient (Wildman–Crippen LogP) is 3.26. The predicted molar refractivity (Wildman–Crippen MR) is 79.3 cm³/mol. The van der Waals surface area contributed by atoms with Crippen LogP contribution in [0.15, 0.2) is 42.5 Å². The summed E-state index contributed by atoms with van der Waals surface area (Å²) in [7, 11) is 1.63. The molecule has 0 bridgehead atoms. The zero-order chi connectivity index (χ0) is 14.4. The van der Waals surface area contributed by atoms with E-state index in [4.69, 9.17) is 19.9 Å². The van der Waals surface area contributed by atoms with Crippen molar-refractivity contribution in [3.8, 4) is 17.2 Å². The fraction of sp³-hybridized carbons (Fsp3) is 0.250. The summed E-state index contributed by atoms with van der Waals surface area (Å²) in [4.78, 5) is 0. The van der Waals surface area contributed by atoms with E-state index in [9.17, 15) is 0 Å². The molecule has 0 fully saturated rings. The highest BCUT2D eigenvalue weighted by atomic mass is 16.5. The molecular weight excluding hydrogens is 254 g/mol. The van der Waals surface area contributed by atoms with Crippen LogP contribution in [0.2, 0.25) is 0 Å². The van der Waals surface area contributed by atoms with Crippen LogP contribution in [-0.4, -0.2) is 13.7 Å². The van der Waals surface area contributed by atoms with Crippen LogP contribution in [0, 0.1) is 0 Å². The molecule has 2 N–H and O–H groups in total. The van der Waals surface area contributed by atoms with E-state index in [1.807, 2.05) is 43.3 Å². The summed E-state index contributed by atoms with van der Waals surface area (Å²) in [6.07, 6.45) is 0. The molecule has 2 aromatic rings. The van der Waals surface area contributed by atoms with Crippen LogP contribution >= 0.6 is 0 Å². The third-order valence-electron chi connectivity index (χ3n) is 2.84. The fourth-order valence-electron chi connectivity index (χ4n) is 1.91. The summed E-state index contributed by atoms with van der Waals surface area (Å²) in [6, 6.07) is 13.1. The van der Waals surface area contributed by atoms with Gasteiger partial charge in [0.25, 0.3) is 0 Å². The second kappa shape index (κ2) is 6.70. The Bertz CT molecular complexity index is 569. The molecule has 0 spiro atoms. The van der Waals surface area contributed by atoms with Crippen LogP contribution in [0.3, 0.4) is 0 Å². The van der Waals surface area contributed by atoms with Gasteiger partial charge in [-0.15, -0.1) is 0 Å². The first-order valence-corrected chi connectivity index (χ1v) is 6.51. The molecule has 2 rings (SSSR count). The number of nitrogens with two attached hydrogens (primary N) is 1. The fourth-order valence-corrected chi connectivity index (χ4v) is 1.91. The Morgan fingerprint density at radius 3 is 2.30 bits per heavy atom. The average Bonchev–Trinajstić information content (AvgIpc) is 2.47. The monoisotopic (exact) mass is 273 g/mol. The summed E-state index contributed by atoms with van der Waals surface area (Å²) in [5, 5.41) is 0. The van der Waals surface area contributed by atoms with Crippen molar-refractivity contribution < 1.29 is 14.2 Å². The number of anilines is 1. The number of hydrogen-bond donors (Lipinski definition) is 1. The van der Waals surface area contributed by atoms with E-state index in [0.717, 1.165) is 17.1 Å². The van der Waals surface area contributed by atoms with Gasteiger partial charge in [0.05, 0.1) is 13.7 Å². The molecule has 106 valence electrons. The van der Waals surface area contributed by atoms with Crippen molar-refractivity contribution in [1.82, 2.24) is 0 Å². The smallest absolute Gasteiger partial charge is 0.161 e. The molecule has 0 saturated heterocycles. The van der Waals surface area contributed by atoms with E-state index in [-0.39, 0.29) is 0 Å². The molecule has 0 radical (unpaired) electrons. The zero-order valence-corrected chi connectivity index (χ0v) is 11.8. The maximum atomic E-state index is 5.81. The Morgan fingerprint density at radius 2 is 1.65 bits per heavy atom. The molecule has 0 amide bonds. The SMILES string of the molecule is CCOc1ccccc1OCc1cc(N)ccc1OC. The number of nitrogen functional groups attached to an aromatic ring is 1. The summed E-state index contributed by atoms with van der Waals surface area (Å²) in [5.41, 5.74) is 7.38. The Balaban J connectivity index is 2.14. The second-order valence-corrected chi connectivity index (χ2v) is 4.24. The maximum Gasteiger partial charge on any atom is 0.161 e. The lowest BCUT2D eigenvalue weighted by molar-refractivity contribution is 0.265. The molecule has 0 saturated carbocycles. The highest BCUT2D eigenvalue weighted by molar-refractivity contribution is 5.48. The van der Waals surface area contributed by atoms with Crippen molar-refractivity contribution in [2.75, 3.05) is 19.5 Å². The van der Waals surface area contributed by atoms with Crippen molar-refractivity contribution in [3.63, 3.8) is 0 Å². The molecule has 0 aromatic heterocycles. The zero-order valence-electron chi connectivity index (χ0n) is 11.8. The first-order valence-electron chi connectivity index (χ1n) is 6.51. The Kier molecular flexibility index (Phi) is 4.71.